The summed E-state index contributed by atoms with van der Waals surface area (Å²) in [6, 6.07) is 5.85. The molecule has 0 atom stereocenters. The third-order valence-electron chi connectivity index (χ3n) is 1.48. The lowest BCUT2D eigenvalue weighted by Gasteiger charge is -1.85. The summed E-state index contributed by atoms with van der Waals surface area (Å²) in [7, 11) is 0. The van der Waals surface area contributed by atoms with Gasteiger partial charge in [0.2, 0.25) is 0 Å². The number of rotatable bonds is 1. The van der Waals surface area contributed by atoms with Crippen molar-refractivity contribution < 1.29 is 4.42 Å². The van der Waals surface area contributed by atoms with Crippen molar-refractivity contribution >= 4 is 11.2 Å². The van der Waals surface area contributed by atoms with Gasteiger partial charge in [0.15, 0.2) is 0 Å². The summed E-state index contributed by atoms with van der Waals surface area (Å²) in [5.74, 6) is 0. The van der Waals surface area contributed by atoms with Crippen molar-refractivity contribution in [3.63, 3.8) is 0 Å². The smallest absolute Gasteiger partial charge is 0.132 e. The quantitative estimate of drug-likeness (QED) is 0.618. The van der Waals surface area contributed by atoms with Crippen molar-refractivity contribution in [3.05, 3.63) is 23.8 Å². The SMILES string of the molecule is NCc1cc2ccc1o2. The van der Waals surface area contributed by atoms with Gasteiger partial charge in [-0.2, -0.15) is 0 Å². The van der Waals surface area contributed by atoms with Gasteiger partial charge in [-0.15, -0.1) is 0 Å². The molecule has 0 saturated carbocycles. The Labute approximate surface area is 52.6 Å². The average molecular weight is 121 g/mol. The van der Waals surface area contributed by atoms with Crippen LogP contribution in [0.15, 0.2) is 22.6 Å². The number of furan rings is 2. The zero-order valence-electron chi connectivity index (χ0n) is 4.92. The van der Waals surface area contributed by atoms with E-state index in [0.29, 0.717) is 6.54 Å². The lowest BCUT2D eigenvalue weighted by atomic mass is 10.2. The van der Waals surface area contributed by atoms with Crippen LogP contribution in [0.5, 0.6) is 0 Å². The minimum atomic E-state index is 0.573. The van der Waals surface area contributed by atoms with E-state index in [1.165, 1.54) is 0 Å². The number of hydrogen-bond donors (Lipinski definition) is 1. The first-order chi connectivity index (χ1) is 4.40. The van der Waals surface area contributed by atoms with E-state index in [-0.39, 0.29) is 0 Å². The lowest BCUT2D eigenvalue weighted by molar-refractivity contribution is 0.672. The van der Waals surface area contributed by atoms with E-state index in [0.717, 1.165) is 16.7 Å². The normalized spacial score (nSPS) is 11.2. The monoisotopic (exact) mass is 121 g/mol. The van der Waals surface area contributed by atoms with E-state index in [9.17, 15) is 0 Å². The number of nitrogens with two attached hydrogens (primary N) is 1. The maximum absolute atomic E-state index is 5.40. The van der Waals surface area contributed by atoms with E-state index in [4.69, 9.17) is 10.2 Å². The van der Waals surface area contributed by atoms with Crippen molar-refractivity contribution in [1.82, 2.24) is 0 Å². The van der Waals surface area contributed by atoms with Gasteiger partial charge in [-0.25, -0.2) is 0 Å². The minimum Gasteiger partial charge on any atom is -0.457 e. The Morgan fingerprint density at radius 2 is 2.33 bits per heavy atom. The molecule has 0 aromatic carbocycles. The van der Waals surface area contributed by atoms with Crippen molar-refractivity contribution in [2.45, 2.75) is 6.54 Å². The van der Waals surface area contributed by atoms with Crippen molar-refractivity contribution in [3.8, 4) is 0 Å². The predicted octanol–water partition coefficient (Wildman–Crippen LogP) is 1.33. The summed E-state index contributed by atoms with van der Waals surface area (Å²) >= 11 is 0. The van der Waals surface area contributed by atoms with Gasteiger partial charge in [-0.3, -0.25) is 0 Å². The van der Waals surface area contributed by atoms with Gasteiger partial charge >= 0.3 is 0 Å². The van der Waals surface area contributed by atoms with Crippen molar-refractivity contribution in [2.75, 3.05) is 0 Å². The van der Waals surface area contributed by atoms with Crippen LogP contribution in [-0.4, -0.2) is 0 Å². The Hall–Kier alpha value is -1.02. The van der Waals surface area contributed by atoms with Gasteiger partial charge in [-0.1, -0.05) is 0 Å². The molecule has 0 fully saturated rings. The van der Waals surface area contributed by atoms with Crippen LogP contribution >= 0.6 is 0 Å². The van der Waals surface area contributed by atoms with Crippen LogP contribution in [0, 0.1) is 0 Å². The van der Waals surface area contributed by atoms with Crippen LogP contribution in [0.25, 0.3) is 11.2 Å². The van der Waals surface area contributed by atoms with E-state index >= 15 is 0 Å². The Balaban J connectivity index is 2.72. The molecule has 46 valence electrons. The zero-order valence-corrected chi connectivity index (χ0v) is 4.92. The fourth-order valence-corrected chi connectivity index (χ4v) is 1.01. The summed E-state index contributed by atoms with van der Waals surface area (Å²) in [6.07, 6.45) is 0. The van der Waals surface area contributed by atoms with Gasteiger partial charge < -0.3 is 10.2 Å². The molecule has 9 heavy (non-hydrogen) atoms. The molecule has 2 bridgehead atoms. The summed E-state index contributed by atoms with van der Waals surface area (Å²) in [4.78, 5) is 0. The van der Waals surface area contributed by atoms with Crippen LogP contribution in [0.2, 0.25) is 0 Å². The van der Waals surface area contributed by atoms with E-state index in [2.05, 4.69) is 0 Å². The number of benzene rings is 1. The predicted molar refractivity (Wildman–Crippen MR) is 35.3 cm³/mol. The molecular formula is C7H7NO. The molecule has 2 N–H and O–H groups in total. The molecule has 2 rings (SSSR count). The average Bonchev–Trinajstić information content (AvgIpc) is 2.45. The van der Waals surface area contributed by atoms with Crippen LogP contribution in [0.3, 0.4) is 0 Å². The van der Waals surface area contributed by atoms with E-state index in [1.807, 2.05) is 18.2 Å². The molecule has 0 aliphatic heterocycles. The maximum Gasteiger partial charge on any atom is 0.132 e. The Bertz CT molecular complexity index is 299. The standard InChI is InChI=1S/C7H7NO/c8-4-5-3-6-1-2-7(5)9-6/h1-3H,4,8H2. The van der Waals surface area contributed by atoms with Crippen LogP contribution in [0.4, 0.5) is 0 Å². The third kappa shape index (κ3) is 0.535. The summed E-state index contributed by atoms with van der Waals surface area (Å²) < 4.78 is 5.23. The first-order valence-electron chi connectivity index (χ1n) is 2.91. The molecule has 0 spiro atoms. The largest absolute Gasteiger partial charge is 0.457 e. The summed E-state index contributed by atoms with van der Waals surface area (Å²) in [5, 5.41) is 0. The molecule has 0 radical (unpaired) electrons. The molecule has 0 saturated heterocycles. The van der Waals surface area contributed by atoms with E-state index in [1.54, 1.807) is 0 Å². The van der Waals surface area contributed by atoms with E-state index < -0.39 is 0 Å². The summed E-state index contributed by atoms with van der Waals surface area (Å²) in [6.45, 7) is 0.573. The second kappa shape index (κ2) is 1.48. The fraction of sp³-hybridized carbons (Fsp3) is 0.143. The van der Waals surface area contributed by atoms with Crippen molar-refractivity contribution in [2.24, 2.45) is 5.73 Å². The number of fused-ring (bicyclic) bond motifs is 2. The molecule has 2 aromatic rings. The highest BCUT2D eigenvalue weighted by molar-refractivity contribution is 5.65. The highest BCUT2D eigenvalue weighted by Gasteiger charge is 2.02. The molecule has 2 heterocycles. The maximum atomic E-state index is 5.40. The molecule has 0 aliphatic rings. The lowest BCUT2D eigenvalue weighted by Crippen LogP contribution is -1.93. The molecule has 2 heteroatoms. The summed E-state index contributed by atoms with van der Waals surface area (Å²) in [5.41, 5.74) is 8.35. The second-order valence-electron chi connectivity index (χ2n) is 2.08. The fourth-order valence-electron chi connectivity index (χ4n) is 1.01. The first kappa shape index (κ1) is 4.82. The minimum absolute atomic E-state index is 0.573. The first-order valence-corrected chi connectivity index (χ1v) is 2.91. The molecular weight excluding hydrogens is 114 g/mol. The topological polar surface area (TPSA) is 39.2 Å². The van der Waals surface area contributed by atoms with Gasteiger partial charge in [0.1, 0.15) is 11.2 Å². The molecule has 0 unspecified atom stereocenters. The second-order valence-corrected chi connectivity index (χ2v) is 2.08. The zero-order chi connectivity index (χ0) is 6.27. The highest BCUT2D eigenvalue weighted by Crippen LogP contribution is 2.20. The van der Waals surface area contributed by atoms with Gasteiger partial charge in [-0.05, 0) is 18.2 Å². The number of hydrogen-bond acceptors (Lipinski definition) is 2. The molecule has 0 aliphatic carbocycles. The van der Waals surface area contributed by atoms with Crippen LogP contribution in [-0.2, 0) is 6.54 Å². The van der Waals surface area contributed by atoms with Gasteiger partial charge in [0.05, 0.1) is 0 Å². The molecule has 2 nitrogen and oxygen atoms in total. The van der Waals surface area contributed by atoms with Crippen molar-refractivity contribution in [1.29, 1.82) is 0 Å². The molecule has 0 amide bonds. The van der Waals surface area contributed by atoms with Crippen LogP contribution < -0.4 is 5.73 Å². The third-order valence-corrected chi connectivity index (χ3v) is 1.48. The molecule has 2 aromatic heterocycles. The van der Waals surface area contributed by atoms with Gasteiger partial charge in [0, 0.05) is 12.1 Å². The van der Waals surface area contributed by atoms with Gasteiger partial charge in [0.25, 0.3) is 0 Å². The Kier molecular flexibility index (Phi) is 0.794. The Morgan fingerprint density at radius 3 is 2.67 bits per heavy atom. The Morgan fingerprint density at radius 1 is 1.44 bits per heavy atom. The van der Waals surface area contributed by atoms with Crippen LogP contribution in [0.1, 0.15) is 5.56 Å². The highest BCUT2D eigenvalue weighted by atomic mass is 16.3.